The summed E-state index contributed by atoms with van der Waals surface area (Å²) in [6.07, 6.45) is -6.54. The third-order valence-corrected chi connectivity index (χ3v) is 8.81. The summed E-state index contributed by atoms with van der Waals surface area (Å²) in [5, 5.41) is 13.7. The number of imidazole rings is 1. The molecule has 0 fully saturated rings. The second-order valence-electron chi connectivity index (χ2n) is 12.6. The van der Waals surface area contributed by atoms with Gasteiger partial charge in [-0.05, 0) is 37.1 Å². The van der Waals surface area contributed by atoms with Gasteiger partial charge in [-0.15, -0.1) is 0 Å². The Kier molecular flexibility index (Phi) is 13.3. The zero-order chi connectivity index (χ0) is 37.4. The Morgan fingerprint density at radius 1 is 1.18 bits per heavy atom. The van der Waals surface area contributed by atoms with Crippen molar-refractivity contribution in [1.82, 2.24) is 24.3 Å². The monoisotopic (exact) mass is 730 g/mol. The largest absolute Gasteiger partial charge is 0.465 e. The number of alkyl halides is 4. The summed E-state index contributed by atoms with van der Waals surface area (Å²) in [5.41, 5.74) is -1.56. The molecule has 0 aliphatic carbocycles. The van der Waals surface area contributed by atoms with Crippen molar-refractivity contribution in [2.24, 2.45) is 0 Å². The van der Waals surface area contributed by atoms with Crippen LogP contribution >= 0.6 is 0 Å². The maximum atomic E-state index is 14.6. The van der Waals surface area contributed by atoms with Gasteiger partial charge in [0, 0.05) is 47.1 Å². The van der Waals surface area contributed by atoms with E-state index in [0.29, 0.717) is 6.07 Å². The van der Waals surface area contributed by atoms with Crippen molar-refractivity contribution in [2.45, 2.75) is 70.4 Å². The van der Waals surface area contributed by atoms with Crippen molar-refractivity contribution < 1.29 is 50.9 Å². The fourth-order valence-corrected chi connectivity index (χ4v) is 5.17. The number of allylic oxidation sites excluding steroid dienone is 1. The zero-order valence-corrected chi connectivity index (χ0v) is 29.0. The van der Waals surface area contributed by atoms with Crippen LogP contribution in [0.25, 0.3) is 11.0 Å². The Hall–Kier alpha value is -4.78. The van der Waals surface area contributed by atoms with Crippen LogP contribution in [-0.2, 0) is 27.6 Å². The molecule has 274 valence electrons. The van der Waals surface area contributed by atoms with E-state index in [2.05, 4.69) is 40.0 Å². The standard InChI is InChI=1S/C31H39F5N6O7Si/c1-40(2)25(43)11-7-6-9-20(38-30(46)47)27(44)37-21-10-8-12-41(28(21)45)17-24-39-26-22(42(24)18-48-13-14-50(3,4)5)15-19(32)16-23(26)49-31(35,36)29(33)34/h7-8,10-12,15-16,20,29,38H,6,9,13-14,17-18H2,1-5H3,(H,37,44)(H,46,47). The van der Waals surface area contributed by atoms with Crippen LogP contribution in [0.4, 0.5) is 32.4 Å². The van der Waals surface area contributed by atoms with Crippen molar-refractivity contribution in [3.8, 4) is 5.75 Å². The highest BCUT2D eigenvalue weighted by atomic mass is 28.3. The van der Waals surface area contributed by atoms with Gasteiger partial charge >= 0.3 is 18.6 Å². The number of rotatable bonds is 17. The van der Waals surface area contributed by atoms with E-state index in [1.54, 1.807) is 14.1 Å². The number of carboxylic acid groups (broad SMARTS) is 1. The molecule has 1 aromatic carbocycles. The van der Waals surface area contributed by atoms with Gasteiger partial charge in [0.15, 0.2) is 5.75 Å². The average molecular weight is 731 g/mol. The third-order valence-electron chi connectivity index (χ3n) is 7.11. The lowest BCUT2D eigenvalue weighted by molar-refractivity contribution is -0.252. The number of halogens is 5. The van der Waals surface area contributed by atoms with Gasteiger partial charge in [-0.3, -0.25) is 14.4 Å². The molecule has 19 heteroatoms. The fraction of sp³-hybridized carbons (Fsp3) is 0.452. The Morgan fingerprint density at radius 2 is 1.88 bits per heavy atom. The number of fused-ring (bicyclic) bond motifs is 1. The first kappa shape index (κ1) is 39.7. The summed E-state index contributed by atoms with van der Waals surface area (Å²) < 4.78 is 80.7. The Balaban J connectivity index is 1.95. The molecule has 1 unspecified atom stereocenters. The quantitative estimate of drug-likeness (QED) is 0.0764. The van der Waals surface area contributed by atoms with Gasteiger partial charge in [0.1, 0.15) is 35.6 Å². The lowest BCUT2D eigenvalue weighted by Crippen LogP contribution is -2.44. The molecule has 0 aliphatic rings. The van der Waals surface area contributed by atoms with E-state index >= 15 is 0 Å². The van der Waals surface area contributed by atoms with Gasteiger partial charge < -0.3 is 39.2 Å². The molecule has 3 rings (SSSR count). The van der Waals surface area contributed by atoms with Crippen molar-refractivity contribution in [3.05, 3.63) is 64.6 Å². The third kappa shape index (κ3) is 11.1. The van der Waals surface area contributed by atoms with E-state index in [-0.39, 0.29) is 55.7 Å². The molecule has 0 saturated heterocycles. The maximum Gasteiger partial charge on any atom is 0.461 e. The van der Waals surface area contributed by atoms with Crippen LogP contribution in [0.15, 0.2) is 47.4 Å². The predicted molar refractivity (Wildman–Crippen MR) is 176 cm³/mol. The molecular formula is C31H39F5N6O7Si. The highest BCUT2D eigenvalue weighted by Gasteiger charge is 2.44. The predicted octanol–water partition coefficient (Wildman–Crippen LogP) is 4.93. The van der Waals surface area contributed by atoms with Gasteiger partial charge in [-0.1, -0.05) is 25.7 Å². The molecule has 0 saturated carbocycles. The summed E-state index contributed by atoms with van der Waals surface area (Å²) in [5.74, 6) is -3.25. The van der Waals surface area contributed by atoms with E-state index < -0.39 is 61.3 Å². The van der Waals surface area contributed by atoms with Gasteiger partial charge in [-0.2, -0.15) is 17.6 Å². The molecule has 1 atom stereocenters. The zero-order valence-electron chi connectivity index (χ0n) is 28.0. The summed E-state index contributed by atoms with van der Waals surface area (Å²) >= 11 is 0. The number of nitrogens with zero attached hydrogens (tertiary/aromatic N) is 4. The molecule has 3 amide bonds. The summed E-state index contributed by atoms with van der Waals surface area (Å²) in [6.45, 7) is 5.96. The highest BCUT2D eigenvalue weighted by molar-refractivity contribution is 6.76. The Bertz CT molecular complexity index is 1770. The second-order valence-corrected chi connectivity index (χ2v) is 18.2. The Labute approximate surface area is 284 Å². The Morgan fingerprint density at radius 3 is 2.50 bits per heavy atom. The number of anilines is 1. The SMILES string of the molecule is CN(C)C(=O)C=CCCC(NC(=O)O)C(=O)Nc1cccn(Cc2nc3c(OC(F)(F)C(F)F)cc(F)cc3n2COCC[Si](C)(C)C)c1=O. The van der Waals surface area contributed by atoms with E-state index in [9.17, 15) is 46.2 Å². The molecule has 3 aromatic rings. The average Bonchev–Trinajstić information content (AvgIpc) is 3.34. The van der Waals surface area contributed by atoms with Crippen LogP contribution in [-0.4, -0.2) is 89.4 Å². The normalized spacial score (nSPS) is 12.8. The van der Waals surface area contributed by atoms with Crippen LogP contribution in [0, 0.1) is 5.82 Å². The minimum atomic E-state index is -4.96. The number of carbonyl (C=O) groups is 3. The molecular weight excluding hydrogens is 691 g/mol. The first-order valence-corrected chi connectivity index (χ1v) is 19.0. The molecule has 13 nitrogen and oxygen atoms in total. The molecule has 0 bridgehead atoms. The lowest BCUT2D eigenvalue weighted by Gasteiger charge is -2.18. The van der Waals surface area contributed by atoms with Crippen molar-refractivity contribution >= 4 is 42.7 Å². The van der Waals surface area contributed by atoms with Gasteiger partial charge in [0.2, 0.25) is 11.8 Å². The number of hydrogen-bond donors (Lipinski definition) is 3. The topological polar surface area (TPSA) is 157 Å². The van der Waals surface area contributed by atoms with Crippen LogP contribution in [0.3, 0.4) is 0 Å². The van der Waals surface area contributed by atoms with Crippen LogP contribution in [0.2, 0.25) is 25.7 Å². The minimum Gasteiger partial charge on any atom is -0.465 e. The number of benzene rings is 1. The smallest absolute Gasteiger partial charge is 0.461 e. The number of carbonyl (C=O) groups excluding carboxylic acids is 2. The molecule has 3 N–H and O–H groups in total. The number of hydrogen-bond acceptors (Lipinski definition) is 7. The van der Waals surface area contributed by atoms with Gasteiger partial charge in [0.05, 0.1) is 12.1 Å². The molecule has 0 aliphatic heterocycles. The van der Waals surface area contributed by atoms with Crippen molar-refractivity contribution in [1.29, 1.82) is 0 Å². The molecule has 2 heterocycles. The van der Waals surface area contributed by atoms with E-state index in [4.69, 9.17) is 4.74 Å². The molecule has 0 radical (unpaired) electrons. The summed E-state index contributed by atoms with van der Waals surface area (Å²) in [7, 11) is 1.55. The number of nitrogens with one attached hydrogen (secondary N) is 2. The first-order valence-electron chi connectivity index (χ1n) is 15.3. The number of pyridine rings is 1. The van der Waals surface area contributed by atoms with E-state index in [0.717, 1.165) is 16.7 Å². The van der Waals surface area contributed by atoms with E-state index in [1.165, 1.54) is 39.9 Å². The number of amides is 3. The van der Waals surface area contributed by atoms with Crippen LogP contribution in [0.5, 0.6) is 5.75 Å². The van der Waals surface area contributed by atoms with Crippen molar-refractivity contribution in [2.75, 3.05) is 26.0 Å². The number of aromatic nitrogens is 3. The van der Waals surface area contributed by atoms with E-state index in [1.807, 2.05) is 0 Å². The van der Waals surface area contributed by atoms with Crippen LogP contribution < -0.4 is 20.9 Å². The van der Waals surface area contributed by atoms with Gasteiger partial charge in [-0.25, -0.2) is 14.2 Å². The molecule has 2 aromatic heterocycles. The van der Waals surface area contributed by atoms with Crippen molar-refractivity contribution in [3.63, 3.8) is 0 Å². The summed E-state index contributed by atoms with van der Waals surface area (Å²) in [4.78, 5) is 55.2. The fourth-order valence-electron chi connectivity index (χ4n) is 4.42. The second kappa shape index (κ2) is 16.7. The summed E-state index contributed by atoms with van der Waals surface area (Å²) in [6, 6.07) is 3.51. The molecule has 50 heavy (non-hydrogen) atoms. The van der Waals surface area contributed by atoms with Crippen LogP contribution in [0.1, 0.15) is 18.7 Å². The lowest BCUT2D eigenvalue weighted by atomic mass is 10.1. The number of ether oxygens (including phenoxy) is 2. The highest BCUT2D eigenvalue weighted by Crippen LogP contribution is 2.34. The minimum absolute atomic E-state index is 0.0288. The van der Waals surface area contributed by atoms with Gasteiger partial charge in [0.25, 0.3) is 5.56 Å². The maximum absolute atomic E-state index is 14.6. The number of likely N-dealkylation sites (N-methyl/N-ethyl adjacent to an activating group) is 1. The molecule has 0 spiro atoms. The first-order chi connectivity index (χ1) is 23.3.